The molecule has 2 aromatic rings. The van der Waals surface area contributed by atoms with E-state index in [9.17, 15) is 18.0 Å². The third-order valence-corrected chi connectivity index (χ3v) is 3.65. The first-order valence-electron chi connectivity index (χ1n) is 7.11. The minimum Gasteiger partial charge on any atom is -0.484 e. The van der Waals surface area contributed by atoms with Gasteiger partial charge in [-0.15, -0.1) is 0 Å². The third-order valence-electron chi connectivity index (χ3n) is 3.30. The van der Waals surface area contributed by atoms with E-state index in [1.54, 1.807) is 25.1 Å². The lowest BCUT2D eigenvalue weighted by Crippen LogP contribution is -2.31. The zero-order valence-corrected chi connectivity index (χ0v) is 13.5. The average molecular weight is 358 g/mol. The highest BCUT2D eigenvalue weighted by Gasteiger charge is 2.30. The lowest BCUT2D eigenvalue weighted by Gasteiger charge is -2.16. The van der Waals surface area contributed by atoms with Gasteiger partial charge in [0.15, 0.2) is 6.61 Å². The molecule has 0 heterocycles. The first kappa shape index (κ1) is 18.1. The van der Waals surface area contributed by atoms with Crippen molar-refractivity contribution < 1.29 is 22.7 Å². The Morgan fingerprint density at radius 1 is 1.17 bits per heavy atom. The summed E-state index contributed by atoms with van der Waals surface area (Å²) in [6.07, 6.45) is -4.40. The fourth-order valence-electron chi connectivity index (χ4n) is 2.08. The van der Waals surface area contributed by atoms with E-state index in [0.29, 0.717) is 5.02 Å². The van der Waals surface area contributed by atoms with Gasteiger partial charge in [-0.1, -0.05) is 29.8 Å². The lowest BCUT2D eigenvalue weighted by atomic mass is 10.1. The molecular weight excluding hydrogens is 343 g/mol. The minimum absolute atomic E-state index is 0.184. The van der Waals surface area contributed by atoms with Gasteiger partial charge in [0, 0.05) is 5.02 Å². The summed E-state index contributed by atoms with van der Waals surface area (Å²) in [7, 11) is 0. The van der Waals surface area contributed by atoms with Gasteiger partial charge in [0.1, 0.15) is 5.75 Å². The zero-order chi connectivity index (χ0) is 17.7. The van der Waals surface area contributed by atoms with Crippen molar-refractivity contribution in [3.8, 4) is 5.75 Å². The zero-order valence-electron chi connectivity index (χ0n) is 12.7. The van der Waals surface area contributed by atoms with Crippen LogP contribution in [0.15, 0.2) is 48.5 Å². The molecule has 2 aromatic carbocycles. The van der Waals surface area contributed by atoms with Crippen molar-refractivity contribution in [2.45, 2.75) is 19.1 Å². The van der Waals surface area contributed by atoms with Gasteiger partial charge in [0.05, 0.1) is 11.6 Å². The molecule has 0 aliphatic rings. The number of halogens is 4. The van der Waals surface area contributed by atoms with Crippen LogP contribution in [-0.4, -0.2) is 12.5 Å². The molecule has 1 atom stereocenters. The highest BCUT2D eigenvalue weighted by molar-refractivity contribution is 6.31. The number of benzene rings is 2. The number of nitrogens with one attached hydrogen (secondary N) is 1. The molecule has 0 saturated heterocycles. The minimum atomic E-state index is -4.40. The van der Waals surface area contributed by atoms with Gasteiger partial charge in [0.25, 0.3) is 5.91 Å². The highest BCUT2D eigenvalue weighted by atomic mass is 35.5. The van der Waals surface area contributed by atoms with Crippen molar-refractivity contribution in [3.05, 3.63) is 64.7 Å². The summed E-state index contributed by atoms with van der Waals surface area (Å²) in [4.78, 5) is 11.9. The smallest absolute Gasteiger partial charge is 0.416 e. The van der Waals surface area contributed by atoms with E-state index >= 15 is 0 Å². The molecule has 1 amide bonds. The van der Waals surface area contributed by atoms with Crippen LogP contribution in [0.1, 0.15) is 24.1 Å². The van der Waals surface area contributed by atoms with Gasteiger partial charge in [-0.05, 0) is 42.8 Å². The number of rotatable bonds is 5. The Kier molecular flexibility index (Phi) is 5.72. The second kappa shape index (κ2) is 7.57. The number of hydrogen-bond acceptors (Lipinski definition) is 2. The highest BCUT2D eigenvalue weighted by Crippen LogP contribution is 2.30. The van der Waals surface area contributed by atoms with E-state index in [4.69, 9.17) is 16.3 Å². The van der Waals surface area contributed by atoms with E-state index < -0.39 is 17.6 Å². The Balaban J connectivity index is 1.88. The number of carbonyl (C=O) groups excluding carboxylic acids is 1. The molecule has 1 unspecified atom stereocenters. The Bertz CT molecular complexity index is 702. The van der Waals surface area contributed by atoms with Crippen LogP contribution in [0.25, 0.3) is 0 Å². The molecule has 0 spiro atoms. The van der Waals surface area contributed by atoms with Crippen LogP contribution < -0.4 is 10.1 Å². The van der Waals surface area contributed by atoms with Gasteiger partial charge >= 0.3 is 6.18 Å². The topological polar surface area (TPSA) is 38.3 Å². The lowest BCUT2D eigenvalue weighted by molar-refractivity contribution is -0.137. The fraction of sp³-hybridized carbons (Fsp3) is 0.235. The molecule has 1 N–H and O–H groups in total. The van der Waals surface area contributed by atoms with Crippen LogP contribution in [-0.2, 0) is 11.0 Å². The van der Waals surface area contributed by atoms with Crippen molar-refractivity contribution in [2.24, 2.45) is 0 Å². The normalized spacial score (nSPS) is 12.5. The van der Waals surface area contributed by atoms with Gasteiger partial charge in [0.2, 0.25) is 0 Å². The molecule has 0 fully saturated rings. The van der Waals surface area contributed by atoms with Crippen LogP contribution in [0.5, 0.6) is 5.75 Å². The molecule has 0 aliphatic heterocycles. The summed E-state index contributed by atoms with van der Waals surface area (Å²) < 4.78 is 42.6. The third kappa shape index (κ3) is 4.89. The molecule has 0 aromatic heterocycles. The standard InChI is InChI=1S/C17H15ClF3NO2/c1-11(14-4-2-3-5-15(14)18)22-16(23)10-24-13-8-6-12(7-9-13)17(19,20)21/h2-9,11H,10H2,1H3,(H,22,23). The van der Waals surface area contributed by atoms with Crippen molar-refractivity contribution in [1.82, 2.24) is 5.32 Å². The summed E-state index contributed by atoms with van der Waals surface area (Å²) in [6.45, 7) is 1.47. The predicted molar refractivity (Wildman–Crippen MR) is 84.9 cm³/mol. The Morgan fingerprint density at radius 2 is 1.79 bits per heavy atom. The SMILES string of the molecule is CC(NC(=O)COc1ccc(C(F)(F)F)cc1)c1ccccc1Cl. The van der Waals surface area contributed by atoms with Crippen LogP contribution in [0.3, 0.4) is 0 Å². The van der Waals surface area contributed by atoms with E-state index in [0.717, 1.165) is 17.7 Å². The van der Waals surface area contributed by atoms with Gasteiger partial charge < -0.3 is 10.1 Å². The van der Waals surface area contributed by atoms with E-state index in [-0.39, 0.29) is 18.4 Å². The Hall–Kier alpha value is -2.21. The monoisotopic (exact) mass is 357 g/mol. The largest absolute Gasteiger partial charge is 0.484 e. The molecule has 24 heavy (non-hydrogen) atoms. The van der Waals surface area contributed by atoms with Crippen LogP contribution in [0, 0.1) is 0 Å². The first-order chi connectivity index (χ1) is 11.3. The van der Waals surface area contributed by atoms with Gasteiger partial charge in [-0.3, -0.25) is 4.79 Å². The molecule has 128 valence electrons. The first-order valence-corrected chi connectivity index (χ1v) is 7.49. The van der Waals surface area contributed by atoms with Gasteiger partial charge in [-0.25, -0.2) is 0 Å². The maximum Gasteiger partial charge on any atom is 0.416 e. The van der Waals surface area contributed by atoms with E-state index in [2.05, 4.69) is 5.32 Å². The number of alkyl halides is 3. The number of ether oxygens (including phenoxy) is 1. The average Bonchev–Trinajstić information content (AvgIpc) is 2.53. The van der Waals surface area contributed by atoms with Crippen molar-refractivity contribution >= 4 is 17.5 Å². The van der Waals surface area contributed by atoms with Crippen LogP contribution >= 0.6 is 11.6 Å². The Labute approximate surface area is 142 Å². The van der Waals surface area contributed by atoms with Crippen molar-refractivity contribution in [3.63, 3.8) is 0 Å². The van der Waals surface area contributed by atoms with Crippen molar-refractivity contribution in [2.75, 3.05) is 6.61 Å². The molecule has 0 saturated carbocycles. The fourth-order valence-corrected chi connectivity index (χ4v) is 2.38. The summed E-state index contributed by atoms with van der Waals surface area (Å²) in [5.41, 5.74) is -0.00584. The van der Waals surface area contributed by atoms with E-state index in [1.807, 2.05) is 6.07 Å². The molecule has 2 rings (SSSR count). The van der Waals surface area contributed by atoms with Crippen LogP contribution in [0.2, 0.25) is 5.02 Å². The molecule has 7 heteroatoms. The molecule has 0 bridgehead atoms. The van der Waals surface area contributed by atoms with Crippen LogP contribution in [0.4, 0.5) is 13.2 Å². The summed E-state index contributed by atoms with van der Waals surface area (Å²) >= 11 is 6.05. The number of amides is 1. The second-order valence-electron chi connectivity index (χ2n) is 5.12. The number of hydrogen-bond donors (Lipinski definition) is 1. The molecule has 0 aliphatic carbocycles. The van der Waals surface area contributed by atoms with Crippen molar-refractivity contribution in [1.29, 1.82) is 0 Å². The summed E-state index contributed by atoms with van der Waals surface area (Å²) in [5, 5.41) is 3.25. The molecule has 0 radical (unpaired) electrons. The molecular formula is C17H15ClF3NO2. The second-order valence-corrected chi connectivity index (χ2v) is 5.53. The molecule has 3 nitrogen and oxygen atoms in total. The maximum atomic E-state index is 12.5. The summed E-state index contributed by atoms with van der Waals surface area (Å²) in [6, 6.07) is 10.9. The quantitative estimate of drug-likeness (QED) is 0.848. The summed E-state index contributed by atoms with van der Waals surface area (Å²) in [5.74, 6) is -0.217. The van der Waals surface area contributed by atoms with E-state index in [1.165, 1.54) is 12.1 Å². The Morgan fingerprint density at radius 3 is 2.38 bits per heavy atom. The van der Waals surface area contributed by atoms with Gasteiger partial charge in [-0.2, -0.15) is 13.2 Å². The number of carbonyl (C=O) groups is 1. The maximum absolute atomic E-state index is 12.5. The predicted octanol–water partition coefficient (Wildman–Crippen LogP) is 4.62.